The molecule has 7 heteroatoms. The average molecular weight is 463 g/mol. The van der Waals surface area contributed by atoms with E-state index in [9.17, 15) is 14.4 Å². The first-order chi connectivity index (χ1) is 16.1. The number of benzene rings is 2. The first-order valence-corrected chi connectivity index (χ1v) is 11.2. The van der Waals surface area contributed by atoms with Crippen molar-refractivity contribution in [2.45, 2.75) is 45.6 Å². The molecule has 1 aliphatic carbocycles. The van der Waals surface area contributed by atoms with Gasteiger partial charge in [0.25, 0.3) is 5.91 Å². The van der Waals surface area contributed by atoms with Gasteiger partial charge >= 0.3 is 12.1 Å². The molecule has 0 saturated heterocycles. The van der Waals surface area contributed by atoms with Crippen molar-refractivity contribution in [2.24, 2.45) is 5.41 Å². The Morgan fingerprint density at radius 3 is 2.18 bits per heavy atom. The molecule has 2 aromatic carbocycles. The van der Waals surface area contributed by atoms with Crippen molar-refractivity contribution in [1.29, 1.82) is 0 Å². The Labute approximate surface area is 199 Å². The summed E-state index contributed by atoms with van der Waals surface area (Å²) in [7, 11) is 0. The van der Waals surface area contributed by atoms with E-state index in [-0.39, 0.29) is 30.9 Å². The second-order valence-electron chi connectivity index (χ2n) is 9.51. The van der Waals surface area contributed by atoms with Crippen molar-refractivity contribution in [1.82, 2.24) is 10.6 Å². The summed E-state index contributed by atoms with van der Waals surface area (Å²) in [5, 5.41) is 14.2. The number of carbonyl (C=O) groups excluding carboxylic acids is 2. The standard InChI is InChI=1S/C27H30N2O5/c1-27(2,3)16-18(15-25(31)32)29-24(30)13-8-14-28-26(33)34-17-23-21-11-6-4-9-19(21)20-10-5-7-12-22(20)23/h4-7,9-12,18,23H,14-17H2,1-3H3,(H,28,33)(H,29,30)(H,31,32). The minimum Gasteiger partial charge on any atom is -0.481 e. The van der Waals surface area contributed by atoms with E-state index in [4.69, 9.17) is 9.84 Å². The van der Waals surface area contributed by atoms with Gasteiger partial charge in [-0.3, -0.25) is 9.59 Å². The van der Waals surface area contributed by atoms with Gasteiger partial charge in [-0.1, -0.05) is 75.2 Å². The van der Waals surface area contributed by atoms with Crippen LogP contribution in [-0.4, -0.2) is 42.3 Å². The molecule has 0 spiro atoms. The monoisotopic (exact) mass is 462 g/mol. The lowest BCUT2D eigenvalue weighted by atomic mass is 9.87. The molecule has 1 aliphatic rings. The number of fused-ring (bicyclic) bond motifs is 3. The molecule has 0 aliphatic heterocycles. The van der Waals surface area contributed by atoms with E-state index in [0.29, 0.717) is 6.42 Å². The van der Waals surface area contributed by atoms with Crippen LogP contribution in [-0.2, 0) is 14.3 Å². The Balaban J connectivity index is 1.48. The highest BCUT2D eigenvalue weighted by molar-refractivity contribution is 5.94. The van der Waals surface area contributed by atoms with Gasteiger partial charge in [0.2, 0.25) is 0 Å². The van der Waals surface area contributed by atoms with Crippen LogP contribution >= 0.6 is 0 Å². The summed E-state index contributed by atoms with van der Waals surface area (Å²) in [6.07, 6.45) is -0.291. The maximum absolute atomic E-state index is 12.2. The zero-order chi connectivity index (χ0) is 24.7. The maximum Gasteiger partial charge on any atom is 0.407 e. The Bertz CT molecular complexity index is 1080. The highest BCUT2D eigenvalue weighted by atomic mass is 16.5. The first kappa shape index (κ1) is 24.8. The van der Waals surface area contributed by atoms with Crippen LogP contribution < -0.4 is 10.6 Å². The summed E-state index contributed by atoms with van der Waals surface area (Å²) in [4.78, 5) is 35.3. The molecule has 3 rings (SSSR count). The molecule has 178 valence electrons. The number of hydrogen-bond acceptors (Lipinski definition) is 4. The molecule has 0 radical (unpaired) electrons. The number of nitrogens with one attached hydrogen (secondary N) is 2. The molecule has 0 heterocycles. The van der Waals surface area contributed by atoms with Crippen molar-refractivity contribution >= 4 is 18.0 Å². The van der Waals surface area contributed by atoms with Gasteiger partial charge in [-0.25, -0.2) is 4.79 Å². The van der Waals surface area contributed by atoms with Crippen LogP contribution in [0.25, 0.3) is 11.1 Å². The third kappa shape index (κ3) is 6.85. The topological polar surface area (TPSA) is 105 Å². The fourth-order valence-electron chi connectivity index (χ4n) is 4.24. The van der Waals surface area contributed by atoms with Crippen LogP contribution in [0.4, 0.5) is 4.79 Å². The molecule has 0 aromatic heterocycles. The van der Waals surface area contributed by atoms with Crippen molar-refractivity contribution < 1.29 is 24.2 Å². The molecule has 7 nitrogen and oxygen atoms in total. The van der Waals surface area contributed by atoms with Crippen LogP contribution in [0.5, 0.6) is 0 Å². The van der Waals surface area contributed by atoms with E-state index in [0.717, 1.165) is 22.3 Å². The molecule has 0 saturated carbocycles. The summed E-state index contributed by atoms with van der Waals surface area (Å²) in [5.74, 6) is 3.36. The number of carboxylic acids is 1. The van der Waals surface area contributed by atoms with E-state index in [1.807, 2.05) is 57.2 Å². The minimum absolute atomic E-state index is 0.0380. The van der Waals surface area contributed by atoms with Crippen LogP contribution in [0.3, 0.4) is 0 Å². The SMILES string of the molecule is CC(C)(C)CC(CC(=O)O)NC(=O)C#CCNC(=O)OCC1c2ccccc2-c2ccccc21. The first-order valence-electron chi connectivity index (χ1n) is 11.2. The summed E-state index contributed by atoms with van der Waals surface area (Å²) in [6, 6.07) is 15.6. The number of ether oxygens (including phenoxy) is 1. The Hall–Kier alpha value is -3.79. The fourth-order valence-corrected chi connectivity index (χ4v) is 4.24. The molecule has 0 fully saturated rings. The van der Waals surface area contributed by atoms with Gasteiger partial charge in [0.05, 0.1) is 13.0 Å². The summed E-state index contributed by atoms with van der Waals surface area (Å²) in [6.45, 7) is 6.04. The van der Waals surface area contributed by atoms with Crippen molar-refractivity contribution in [3.63, 3.8) is 0 Å². The van der Waals surface area contributed by atoms with E-state index >= 15 is 0 Å². The maximum atomic E-state index is 12.2. The van der Waals surface area contributed by atoms with Gasteiger partial charge in [-0.2, -0.15) is 0 Å². The molecule has 0 bridgehead atoms. The van der Waals surface area contributed by atoms with Gasteiger partial charge < -0.3 is 20.5 Å². The molecular weight excluding hydrogens is 432 g/mol. The zero-order valence-corrected chi connectivity index (χ0v) is 19.7. The predicted molar refractivity (Wildman–Crippen MR) is 129 cm³/mol. The number of carbonyl (C=O) groups is 3. The normalized spacial score (nSPS) is 13.0. The zero-order valence-electron chi connectivity index (χ0n) is 19.7. The Kier molecular flexibility index (Phi) is 7.95. The van der Waals surface area contributed by atoms with Crippen LogP contribution in [0.15, 0.2) is 48.5 Å². The fraction of sp³-hybridized carbons (Fsp3) is 0.370. The lowest BCUT2D eigenvalue weighted by molar-refractivity contribution is -0.137. The van der Waals surface area contributed by atoms with Gasteiger partial charge in [-0.05, 0) is 40.0 Å². The van der Waals surface area contributed by atoms with Gasteiger partial charge in [0.15, 0.2) is 0 Å². The highest BCUT2D eigenvalue weighted by Gasteiger charge is 2.29. The van der Waals surface area contributed by atoms with E-state index in [1.165, 1.54) is 0 Å². The summed E-state index contributed by atoms with van der Waals surface area (Å²) >= 11 is 0. The number of alkyl carbamates (subject to hydrolysis) is 1. The number of aliphatic carboxylic acids is 1. The highest BCUT2D eigenvalue weighted by Crippen LogP contribution is 2.44. The second kappa shape index (κ2) is 10.9. The smallest absolute Gasteiger partial charge is 0.407 e. The third-order valence-corrected chi connectivity index (χ3v) is 5.48. The number of hydrogen-bond donors (Lipinski definition) is 3. The quantitative estimate of drug-likeness (QED) is 0.541. The van der Waals surface area contributed by atoms with Crippen LogP contribution in [0.1, 0.15) is 50.7 Å². The molecule has 1 atom stereocenters. The lowest BCUT2D eigenvalue weighted by Crippen LogP contribution is -2.38. The summed E-state index contributed by atoms with van der Waals surface area (Å²) < 4.78 is 5.43. The van der Waals surface area contributed by atoms with Crippen molar-refractivity contribution in [3.05, 3.63) is 59.7 Å². The molecule has 1 unspecified atom stereocenters. The average Bonchev–Trinajstić information content (AvgIpc) is 3.07. The number of carboxylic acid groups (broad SMARTS) is 1. The molecule has 2 amide bonds. The van der Waals surface area contributed by atoms with Crippen molar-refractivity contribution in [2.75, 3.05) is 13.2 Å². The number of rotatable bonds is 7. The van der Waals surface area contributed by atoms with Gasteiger partial charge in [0, 0.05) is 12.0 Å². The second-order valence-corrected chi connectivity index (χ2v) is 9.51. The number of amides is 2. The van der Waals surface area contributed by atoms with Crippen molar-refractivity contribution in [3.8, 4) is 23.0 Å². The molecular formula is C27H30N2O5. The lowest BCUT2D eigenvalue weighted by Gasteiger charge is -2.25. The van der Waals surface area contributed by atoms with E-state index < -0.39 is 24.0 Å². The van der Waals surface area contributed by atoms with Crippen LogP contribution in [0, 0.1) is 17.3 Å². The Morgan fingerprint density at radius 2 is 1.62 bits per heavy atom. The Morgan fingerprint density at radius 1 is 1.03 bits per heavy atom. The third-order valence-electron chi connectivity index (χ3n) is 5.48. The van der Waals surface area contributed by atoms with Gasteiger partial charge in [0.1, 0.15) is 6.61 Å². The minimum atomic E-state index is -0.987. The predicted octanol–water partition coefficient (Wildman–Crippen LogP) is 3.92. The van der Waals surface area contributed by atoms with Gasteiger partial charge in [-0.15, -0.1) is 0 Å². The molecule has 2 aromatic rings. The van der Waals surface area contributed by atoms with E-state index in [1.54, 1.807) is 0 Å². The largest absolute Gasteiger partial charge is 0.481 e. The summed E-state index contributed by atoms with van der Waals surface area (Å²) in [5.41, 5.74) is 4.40. The molecule has 3 N–H and O–H groups in total. The van der Waals surface area contributed by atoms with E-state index in [2.05, 4.69) is 34.6 Å². The molecule has 34 heavy (non-hydrogen) atoms. The van der Waals surface area contributed by atoms with Crippen LogP contribution in [0.2, 0.25) is 0 Å².